The van der Waals surface area contributed by atoms with Gasteiger partial charge in [-0.3, -0.25) is 0 Å². The smallest absolute Gasteiger partial charge is 0.0632 e. The largest absolute Gasteiger partial charge is 0.121 e. The van der Waals surface area contributed by atoms with E-state index in [-0.39, 0.29) is 10.8 Å². The van der Waals surface area contributed by atoms with Gasteiger partial charge in [0.25, 0.3) is 0 Å². The molecule has 0 aliphatic carbocycles. The monoisotopic (exact) mass is 209 g/mol. The molecule has 0 aliphatic heterocycles. The molecule has 0 heterocycles. The highest BCUT2D eigenvalue weighted by Crippen LogP contribution is 2.44. The summed E-state index contributed by atoms with van der Waals surface area (Å²) in [6.45, 7) is 12.2. The van der Waals surface area contributed by atoms with Crippen molar-refractivity contribution in [2.75, 3.05) is 0 Å². The zero-order valence-electron chi connectivity index (χ0n) is 8.45. The third-order valence-corrected chi connectivity index (χ3v) is 4.11. The Kier molecular flexibility index (Phi) is 4.40. The van der Waals surface area contributed by atoms with Crippen LogP contribution in [0.3, 0.4) is 0 Å². The third kappa shape index (κ3) is 2.53. The summed E-state index contributed by atoms with van der Waals surface area (Å²) in [5.74, 6) is 0. The van der Waals surface area contributed by atoms with Crippen LogP contribution in [0.1, 0.15) is 40.5 Å². The predicted molar refractivity (Wildman–Crippen MR) is 57.9 cm³/mol. The molecule has 12 heavy (non-hydrogen) atoms. The maximum Gasteiger partial charge on any atom is 0.0632 e. The van der Waals surface area contributed by atoms with Crippen LogP contribution in [-0.2, 0) is 0 Å². The van der Waals surface area contributed by atoms with Gasteiger partial charge in [0.05, 0.1) is 10.3 Å². The molecular weight excluding hydrogens is 191 g/mol. The highest BCUT2D eigenvalue weighted by molar-refractivity contribution is 6.33. The van der Waals surface area contributed by atoms with Crippen molar-refractivity contribution in [3.05, 3.63) is 6.92 Å². The van der Waals surface area contributed by atoms with Gasteiger partial charge in [0.15, 0.2) is 0 Å². The van der Waals surface area contributed by atoms with E-state index in [9.17, 15) is 0 Å². The highest BCUT2D eigenvalue weighted by Gasteiger charge is 2.42. The molecule has 0 aromatic rings. The number of alkyl halides is 2. The molecule has 2 atom stereocenters. The zero-order chi connectivity index (χ0) is 9.99. The lowest BCUT2D eigenvalue weighted by molar-refractivity contribution is 0.239. The first-order chi connectivity index (χ1) is 5.25. The molecule has 2 unspecified atom stereocenters. The van der Waals surface area contributed by atoms with Crippen molar-refractivity contribution >= 4 is 23.2 Å². The molecule has 0 N–H and O–H groups in total. The van der Waals surface area contributed by atoms with Crippen molar-refractivity contribution < 1.29 is 0 Å². The molecule has 0 spiro atoms. The second-order valence-electron chi connectivity index (χ2n) is 4.18. The molecule has 0 aliphatic rings. The summed E-state index contributed by atoms with van der Waals surface area (Å²) in [4.78, 5) is -0.426. The van der Waals surface area contributed by atoms with E-state index < -0.39 is 4.87 Å². The van der Waals surface area contributed by atoms with Crippen LogP contribution in [0.25, 0.3) is 0 Å². The van der Waals surface area contributed by atoms with Crippen molar-refractivity contribution in [1.29, 1.82) is 0 Å². The van der Waals surface area contributed by atoms with Crippen LogP contribution in [0.5, 0.6) is 0 Å². The van der Waals surface area contributed by atoms with Gasteiger partial charge in [0.1, 0.15) is 0 Å². The van der Waals surface area contributed by atoms with E-state index in [2.05, 4.69) is 27.7 Å². The van der Waals surface area contributed by atoms with E-state index in [0.29, 0.717) is 0 Å². The van der Waals surface area contributed by atoms with Gasteiger partial charge in [-0.15, -0.1) is 23.2 Å². The Balaban J connectivity index is 4.50. The molecule has 0 amide bonds. The van der Waals surface area contributed by atoms with Crippen LogP contribution >= 0.6 is 23.2 Å². The summed E-state index contributed by atoms with van der Waals surface area (Å²) in [6.07, 6.45) is 2.20. The molecule has 0 nitrogen and oxygen atoms in total. The van der Waals surface area contributed by atoms with E-state index in [1.54, 1.807) is 0 Å². The number of hydrogen-bond donors (Lipinski definition) is 0. The van der Waals surface area contributed by atoms with Crippen LogP contribution in [0.4, 0.5) is 0 Å². The van der Waals surface area contributed by atoms with Gasteiger partial charge in [0, 0.05) is 0 Å². The second-order valence-corrected chi connectivity index (χ2v) is 5.49. The van der Waals surface area contributed by atoms with E-state index >= 15 is 0 Å². The Bertz CT molecular complexity index is 137. The van der Waals surface area contributed by atoms with Crippen molar-refractivity contribution in [2.24, 2.45) is 5.41 Å². The lowest BCUT2D eigenvalue weighted by atomic mass is 9.74. The number of rotatable bonds is 4. The molecule has 0 rings (SSSR count). The van der Waals surface area contributed by atoms with Crippen molar-refractivity contribution in [3.63, 3.8) is 0 Å². The number of halogens is 2. The summed E-state index contributed by atoms with van der Waals surface area (Å²) in [5.41, 5.74) is 0.0392. The van der Waals surface area contributed by atoms with Gasteiger partial charge in [-0.05, 0) is 25.7 Å². The summed E-state index contributed by atoms with van der Waals surface area (Å²) in [7, 11) is 0. The average molecular weight is 210 g/mol. The van der Waals surface area contributed by atoms with Gasteiger partial charge < -0.3 is 0 Å². The first-order valence-corrected chi connectivity index (χ1v) is 5.23. The van der Waals surface area contributed by atoms with Crippen molar-refractivity contribution in [2.45, 2.75) is 50.8 Å². The molecule has 1 radical (unpaired) electrons. The van der Waals surface area contributed by atoms with Crippen molar-refractivity contribution in [1.82, 2.24) is 0 Å². The predicted octanol–water partition coefficient (Wildman–Crippen LogP) is 4.25. The van der Waals surface area contributed by atoms with Gasteiger partial charge in [-0.2, -0.15) is 0 Å². The van der Waals surface area contributed by atoms with Crippen molar-refractivity contribution in [3.8, 4) is 0 Å². The Hall–Kier alpha value is 0.580. The summed E-state index contributed by atoms with van der Waals surface area (Å²) < 4.78 is 0. The molecule has 0 fully saturated rings. The van der Waals surface area contributed by atoms with E-state index in [1.165, 1.54) is 0 Å². The van der Waals surface area contributed by atoms with E-state index in [0.717, 1.165) is 12.8 Å². The third-order valence-electron chi connectivity index (χ3n) is 2.79. The zero-order valence-corrected chi connectivity index (χ0v) is 9.97. The van der Waals surface area contributed by atoms with Crippen LogP contribution in [0.2, 0.25) is 0 Å². The second kappa shape index (κ2) is 4.19. The average Bonchev–Trinajstić information content (AvgIpc) is 1.86. The van der Waals surface area contributed by atoms with Crippen LogP contribution in [0.15, 0.2) is 0 Å². The molecule has 73 valence electrons. The SMILES string of the molecule is [CH2]C(Cl)C(C)(Cl)C(C)(C)CCC. The fraction of sp³-hybridized carbons (Fsp3) is 0.900. The fourth-order valence-electron chi connectivity index (χ4n) is 1.29. The molecular formula is C10H19Cl2. The molecule has 0 saturated heterocycles. The van der Waals surface area contributed by atoms with Crippen LogP contribution < -0.4 is 0 Å². The quantitative estimate of drug-likeness (QED) is 0.608. The first kappa shape index (κ1) is 12.6. The Morgan fingerprint density at radius 2 is 1.75 bits per heavy atom. The van der Waals surface area contributed by atoms with Gasteiger partial charge >= 0.3 is 0 Å². The summed E-state index contributed by atoms with van der Waals surface area (Å²) in [6, 6.07) is 0. The molecule has 0 aromatic heterocycles. The summed E-state index contributed by atoms with van der Waals surface area (Å²) in [5, 5.41) is -0.249. The Labute approximate surface area is 86.6 Å². The van der Waals surface area contributed by atoms with Gasteiger partial charge in [-0.25, -0.2) is 0 Å². The summed E-state index contributed by atoms with van der Waals surface area (Å²) >= 11 is 12.3. The normalized spacial score (nSPS) is 20.2. The minimum atomic E-state index is -0.426. The van der Waals surface area contributed by atoms with Crippen LogP contribution in [0, 0.1) is 12.3 Å². The Morgan fingerprint density at radius 1 is 1.33 bits per heavy atom. The minimum Gasteiger partial charge on any atom is -0.121 e. The Morgan fingerprint density at radius 3 is 2.00 bits per heavy atom. The van der Waals surface area contributed by atoms with E-state index in [1.807, 2.05) is 6.92 Å². The highest BCUT2D eigenvalue weighted by atomic mass is 35.5. The topological polar surface area (TPSA) is 0 Å². The van der Waals surface area contributed by atoms with Gasteiger partial charge in [-0.1, -0.05) is 27.2 Å². The van der Waals surface area contributed by atoms with Crippen LogP contribution in [-0.4, -0.2) is 10.3 Å². The molecule has 0 saturated carbocycles. The standard InChI is InChI=1S/C10H19Cl2/c1-6-7-9(3,4)10(5,12)8(2)11/h8H,2,6-7H2,1,3-5H3. The lowest BCUT2D eigenvalue weighted by Gasteiger charge is -2.41. The number of hydrogen-bond acceptors (Lipinski definition) is 0. The first-order valence-electron chi connectivity index (χ1n) is 4.41. The fourth-order valence-corrected chi connectivity index (χ4v) is 1.68. The lowest BCUT2D eigenvalue weighted by Crippen LogP contribution is -2.43. The van der Waals surface area contributed by atoms with Gasteiger partial charge in [0.2, 0.25) is 0 Å². The van der Waals surface area contributed by atoms with E-state index in [4.69, 9.17) is 23.2 Å². The molecule has 0 bridgehead atoms. The molecule has 0 aromatic carbocycles. The maximum absolute atomic E-state index is 6.35. The maximum atomic E-state index is 6.35. The molecule has 2 heteroatoms. The minimum absolute atomic E-state index is 0.0392.